The van der Waals surface area contributed by atoms with E-state index in [1.165, 1.54) is 0 Å². The highest BCUT2D eigenvalue weighted by Crippen LogP contribution is 2.29. The third kappa shape index (κ3) is 1.27. The van der Waals surface area contributed by atoms with Crippen molar-refractivity contribution in [3.8, 4) is 0 Å². The molecule has 0 aliphatic heterocycles. The maximum Gasteiger partial charge on any atom is 0.270 e. The molecule has 6 heteroatoms. The SMILES string of the molecule is Nc1cnc(F)c(C(F)F)c1N. The molecule has 66 valence electrons. The summed E-state index contributed by atoms with van der Waals surface area (Å²) in [5, 5.41) is 0. The molecular weight excluding hydrogens is 171 g/mol. The number of hydrogen-bond donors (Lipinski definition) is 2. The summed E-state index contributed by atoms with van der Waals surface area (Å²) in [6, 6.07) is 0. The maximum atomic E-state index is 12.6. The molecule has 0 spiro atoms. The molecule has 12 heavy (non-hydrogen) atoms. The Hall–Kier alpha value is -1.46. The van der Waals surface area contributed by atoms with Crippen molar-refractivity contribution in [2.75, 3.05) is 11.5 Å². The van der Waals surface area contributed by atoms with E-state index in [4.69, 9.17) is 11.5 Å². The molecule has 1 heterocycles. The van der Waals surface area contributed by atoms with Crippen molar-refractivity contribution in [3.63, 3.8) is 0 Å². The van der Waals surface area contributed by atoms with E-state index in [1.54, 1.807) is 0 Å². The topological polar surface area (TPSA) is 64.9 Å². The largest absolute Gasteiger partial charge is 0.396 e. The van der Waals surface area contributed by atoms with Crippen molar-refractivity contribution < 1.29 is 13.2 Å². The van der Waals surface area contributed by atoms with Crippen molar-refractivity contribution in [2.24, 2.45) is 0 Å². The first-order valence-electron chi connectivity index (χ1n) is 3.01. The van der Waals surface area contributed by atoms with Gasteiger partial charge in [0.1, 0.15) is 0 Å². The van der Waals surface area contributed by atoms with Crippen LogP contribution in [0.25, 0.3) is 0 Å². The lowest BCUT2D eigenvalue weighted by molar-refractivity contribution is 0.146. The third-order valence-electron chi connectivity index (χ3n) is 1.36. The molecule has 3 nitrogen and oxygen atoms in total. The molecule has 0 saturated carbocycles. The van der Waals surface area contributed by atoms with E-state index < -0.39 is 23.6 Å². The normalized spacial score (nSPS) is 10.7. The fourth-order valence-electron chi connectivity index (χ4n) is 0.740. The summed E-state index contributed by atoms with van der Waals surface area (Å²) < 4.78 is 36.7. The van der Waals surface area contributed by atoms with Crippen LogP contribution in [-0.4, -0.2) is 4.98 Å². The van der Waals surface area contributed by atoms with Crippen LogP contribution in [0, 0.1) is 5.95 Å². The van der Waals surface area contributed by atoms with Crippen LogP contribution >= 0.6 is 0 Å². The van der Waals surface area contributed by atoms with Crippen LogP contribution in [0.5, 0.6) is 0 Å². The highest BCUT2D eigenvalue weighted by molar-refractivity contribution is 5.66. The van der Waals surface area contributed by atoms with Gasteiger partial charge in [-0.2, -0.15) is 4.39 Å². The standard InChI is InChI=1S/C6H6F3N3/c7-5(8)3-4(11)2(10)1-12-6(3)9/h1,5H,10H2,(H2,11,12). The van der Waals surface area contributed by atoms with Crippen molar-refractivity contribution in [3.05, 3.63) is 17.7 Å². The molecular formula is C6H6F3N3. The lowest BCUT2D eigenvalue weighted by atomic mass is 10.2. The van der Waals surface area contributed by atoms with Gasteiger partial charge in [-0.05, 0) is 0 Å². The minimum Gasteiger partial charge on any atom is -0.396 e. The second-order valence-corrected chi connectivity index (χ2v) is 2.13. The van der Waals surface area contributed by atoms with Gasteiger partial charge in [0.25, 0.3) is 6.43 Å². The summed E-state index contributed by atoms with van der Waals surface area (Å²) in [5.41, 5.74) is 8.71. The molecule has 1 aromatic heterocycles. The zero-order valence-corrected chi connectivity index (χ0v) is 5.89. The van der Waals surface area contributed by atoms with Gasteiger partial charge < -0.3 is 11.5 Å². The van der Waals surface area contributed by atoms with E-state index in [0.29, 0.717) is 0 Å². The van der Waals surface area contributed by atoms with Crippen LogP contribution in [0.1, 0.15) is 12.0 Å². The highest BCUT2D eigenvalue weighted by atomic mass is 19.3. The van der Waals surface area contributed by atoms with E-state index in [0.717, 1.165) is 6.20 Å². The van der Waals surface area contributed by atoms with Crippen LogP contribution < -0.4 is 11.5 Å². The van der Waals surface area contributed by atoms with Crippen molar-refractivity contribution in [1.82, 2.24) is 4.98 Å². The Kier molecular flexibility index (Phi) is 2.07. The number of alkyl halides is 2. The number of aromatic nitrogens is 1. The molecule has 0 aliphatic rings. The first-order chi connectivity index (χ1) is 5.54. The highest BCUT2D eigenvalue weighted by Gasteiger charge is 2.19. The second kappa shape index (κ2) is 2.88. The average molecular weight is 177 g/mol. The summed E-state index contributed by atoms with van der Waals surface area (Å²) in [5.74, 6) is -1.28. The summed E-state index contributed by atoms with van der Waals surface area (Å²) in [6.07, 6.45) is -2.10. The number of nitrogen functional groups attached to an aromatic ring is 2. The predicted molar refractivity (Wildman–Crippen MR) is 38.0 cm³/mol. The molecule has 4 N–H and O–H groups in total. The Bertz CT molecular complexity index is 300. The van der Waals surface area contributed by atoms with Crippen LogP contribution in [0.3, 0.4) is 0 Å². The summed E-state index contributed by atoms with van der Waals surface area (Å²) >= 11 is 0. The van der Waals surface area contributed by atoms with Gasteiger partial charge in [-0.1, -0.05) is 0 Å². The van der Waals surface area contributed by atoms with Crippen LogP contribution in [0.15, 0.2) is 6.20 Å². The predicted octanol–water partition coefficient (Wildman–Crippen LogP) is 1.32. The van der Waals surface area contributed by atoms with Crippen molar-refractivity contribution in [2.45, 2.75) is 6.43 Å². The molecule has 0 fully saturated rings. The minimum atomic E-state index is -3.00. The van der Waals surface area contributed by atoms with Crippen molar-refractivity contribution in [1.29, 1.82) is 0 Å². The van der Waals surface area contributed by atoms with E-state index in [-0.39, 0.29) is 5.69 Å². The third-order valence-corrected chi connectivity index (χ3v) is 1.36. The fraction of sp³-hybridized carbons (Fsp3) is 0.167. The lowest BCUT2D eigenvalue weighted by Gasteiger charge is -2.06. The van der Waals surface area contributed by atoms with E-state index in [2.05, 4.69) is 4.98 Å². The van der Waals surface area contributed by atoms with Gasteiger partial charge in [-0.3, -0.25) is 0 Å². The maximum absolute atomic E-state index is 12.6. The number of anilines is 2. The number of halogens is 3. The molecule has 0 unspecified atom stereocenters. The first kappa shape index (κ1) is 8.63. The molecule has 0 aromatic carbocycles. The molecule has 0 radical (unpaired) electrons. The van der Waals surface area contributed by atoms with E-state index in [9.17, 15) is 13.2 Å². The molecule has 1 aromatic rings. The fourth-order valence-corrected chi connectivity index (χ4v) is 0.740. The molecule has 0 saturated heterocycles. The molecule has 0 amide bonds. The Labute approximate surface area is 66.2 Å². The van der Waals surface area contributed by atoms with Gasteiger partial charge in [0.15, 0.2) is 0 Å². The number of nitrogens with two attached hydrogens (primary N) is 2. The Balaban J connectivity index is 3.33. The van der Waals surface area contributed by atoms with Gasteiger partial charge in [-0.25, -0.2) is 13.8 Å². The molecule has 0 aliphatic carbocycles. The smallest absolute Gasteiger partial charge is 0.270 e. The van der Waals surface area contributed by atoms with E-state index in [1.807, 2.05) is 0 Å². The number of hydrogen-bond acceptors (Lipinski definition) is 3. The van der Waals surface area contributed by atoms with Crippen LogP contribution in [-0.2, 0) is 0 Å². The summed E-state index contributed by atoms with van der Waals surface area (Å²) in [4.78, 5) is 3.01. The second-order valence-electron chi connectivity index (χ2n) is 2.13. The first-order valence-corrected chi connectivity index (χ1v) is 3.01. The van der Waals surface area contributed by atoms with Gasteiger partial charge in [0.2, 0.25) is 5.95 Å². The van der Waals surface area contributed by atoms with Gasteiger partial charge in [0.05, 0.1) is 23.1 Å². The minimum absolute atomic E-state index is 0.147. The van der Waals surface area contributed by atoms with Gasteiger partial charge in [0, 0.05) is 0 Å². The number of rotatable bonds is 1. The van der Waals surface area contributed by atoms with Gasteiger partial charge >= 0.3 is 0 Å². The quantitative estimate of drug-likeness (QED) is 0.636. The Morgan fingerprint density at radius 1 is 1.33 bits per heavy atom. The molecule has 0 bridgehead atoms. The van der Waals surface area contributed by atoms with Crippen LogP contribution in [0.4, 0.5) is 24.5 Å². The number of pyridine rings is 1. The summed E-state index contributed by atoms with van der Waals surface area (Å²) in [7, 11) is 0. The van der Waals surface area contributed by atoms with Gasteiger partial charge in [-0.15, -0.1) is 0 Å². The Morgan fingerprint density at radius 2 is 1.92 bits per heavy atom. The zero-order valence-electron chi connectivity index (χ0n) is 5.89. The Morgan fingerprint density at radius 3 is 2.33 bits per heavy atom. The molecule has 0 atom stereocenters. The zero-order chi connectivity index (χ0) is 9.30. The average Bonchev–Trinajstić information content (AvgIpc) is 1.97. The van der Waals surface area contributed by atoms with Crippen LogP contribution in [0.2, 0.25) is 0 Å². The number of nitrogens with zero attached hydrogens (tertiary/aromatic N) is 1. The molecule has 1 rings (SSSR count). The summed E-state index contributed by atoms with van der Waals surface area (Å²) in [6.45, 7) is 0. The van der Waals surface area contributed by atoms with Crippen molar-refractivity contribution >= 4 is 11.4 Å². The lowest BCUT2D eigenvalue weighted by Crippen LogP contribution is -2.05. The monoisotopic (exact) mass is 177 g/mol. The van der Waals surface area contributed by atoms with E-state index >= 15 is 0 Å².